The van der Waals surface area contributed by atoms with Crippen LogP contribution in [0.3, 0.4) is 0 Å². The van der Waals surface area contributed by atoms with Crippen LogP contribution in [0.15, 0.2) is 0 Å². The molecule has 73 heavy (non-hydrogen) atoms. The van der Waals surface area contributed by atoms with Gasteiger partial charge < -0.3 is 39.9 Å². The maximum atomic E-state index is 12.9. The van der Waals surface area contributed by atoms with Crippen LogP contribution in [0.2, 0.25) is 0 Å². The Balaban J connectivity index is 2.28. The summed E-state index contributed by atoms with van der Waals surface area (Å²) in [5.41, 5.74) is 0. The number of hydrogen-bond donors (Lipinski definition) is 6. The van der Waals surface area contributed by atoms with Crippen molar-refractivity contribution in [1.82, 2.24) is 0 Å². The number of rotatable bonds is 54. The average Bonchev–Trinajstić information content (AvgIpc) is 3.37. The topological polar surface area (TPSA) is 210 Å². The van der Waals surface area contributed by atoms with Gasteiger partial charge in [-0.1, -0.05) is 284 Å². The third kappa shape index (κ3) is 40.7. The van der Waals surface area contributed by atoms with E-state index >= 15 is 0 Å². The van der Waals surface area contributed by atoms with Crippen LogP contribution < -0.4 is 0 Å². The summed E-state index contributed by atoms with van der Waals surface area (Å²) in [5.74, 6) is -1.07. The van der Waals surface area contributed by atoms with Crippen molar-refractivity contribution in [3.8, 4) is 0 Å². The molecule has 0 radical (unpaired) electrons. The van der Waals surface area contributed by atoms with E-state index in [2.05, 4.69) is 13.8 Å². The lowest BCUT2D eigenvalue weighted by molar-refractivity contribution is -0.220. The highest BCUT2D eigenvalue weighted by molar-refractivity contribution is 7.47. The molecule has 1 aliphatic rings. The summed E-state index contributed by atoms with van der Waals surface area (Å²) in [5, 5.41) is 50.4. The van der Waals surface area contributed by atoms with E-state index in [0.29, 0.717) is 12.8 Å². The molecular weight excluding hydrogens is 948 g/mol. The van der Waals surface area contributed by atoms with Crippen molar-refractivity contribution in [2.75, 3.05) is 13.2 Å². The van der Waals surface area contributed by atoms with E-state index in [1.165, 1.54) is 231 Å². The molecule has 1 fully saturated rings. The van der Waals surface area contributed by atoms with Crippen molar-refractivity contribution in [1.29, 1.82) is 0 Å². The Labute approximate surface area is 446 Å². The third-order valence-corrected chi connectivity index (χ3v) is 15.9. The maximum Gasteiger partial charge on any atom is 0.472 e. The Kier molecular flexibility index (Phi) is 47.1. The zero-order chi connectivity index (χ0) is 53.5. The van der Waals surface area contributed by atoms with Gasteiger partial charge in [0, 0.05) is 12.8 Å². The minimum atomic E-state index is -5.12. The Morgan fingerprint density at radius 2 is 0.616 bits per heavy atom. The first-order valence-corrected chi connectivity index (χ1v) is 32.3. The lowest BCUT2D eigenvalue weighted by Crippen LogP contribution is -2.64. The lowest BCUT2D eigenvalue weighted by atomic mass is 9.85. The molecule has 0 aromatic rings. The fraction of sp³-hybridized carbons (Fsp3) is 0.966. The van der Waals surface area contributed by atoms with Gasteiger partial charge in [-0.15, -0.1) is 0 Å². The van der Waals surface area contributed by atoms with E-state index in [4.69, 9.17) is 18.5 Å². The molecule has 0 bridgehead atoms. The first-order chi connectivity index (χ1) is 35.4. The van der Waals surface area contributed by atoms with Crippen molar-refractivity contribution in [3.05, 3.63) is 0 Å². The average molecular weight is 1060 g/mol. The van der Waals surface area contributed by atoms with Crippen LogP contribution in [-0.4, -0.2) is 98.3 Å². The third-order valence-electron chi connectivity index (χ3n) is 14.9. The molecule has 1 rings (SSSR count). The first-order valence-electron chi connectivity index (χ1n) is 30.8. The molecule has 434 valence electrons. The molecule has 0 amide bonds. The van der Waals surface area contributed by atoms with Gasteiger partial charge in [0.1, 0.15) is 43.2 Å². The number of ether oxygens (including phenoxy) is 2. The summed E-state index contributed by atoms with van der Waals surface area (Å²) in [6.07, 6.45) is 43.0. The molecular formula is C59H115O13P. The molecule has 1 saturated carbocycles. The SMILES string of the molecule is CCCCCCCCCCCCCCCCCCCCCCCCCC(=O)OC[C@@H](COP(=O)(O)OC1C(O)C(O)C(O)[C@H](O)C1O)OC(=O)CCCCCCCCCCCCCCCCCCCCCCC. The van der Waals surface area contributed by atoms with Crippen LogP contribution in [0.4, 0.5) is 0 Å². The molecule has 0 aromatic heterocycles. The van der Waals surface area contributed by atoms with Gasteiger partial charge in [-0.05, 0) is 12.8 Å². The van der Waals surface area contributed by atoms with Crippen LogP contribution in [-0.2, 0) is 32.7 Å². The van der Waals surface area contributed by atoms with E-state index in [0.717, 1.165) is 38.5 Å². The number of hydrogen-bond acceptors (Lipinski definition) is 12. The molecule has 0 saturated heterocycles. The van der Waals surface area contributed by atoms with Crippen LogP contribution >= 0.6 is 7.82 Å². The predicted molar refractivity (Wildman–Crippen MR) is 295 cm³/mol. The Hall–Kier alpha value is -1.15. The smallest absolute Gasteiger partial charge is 0.462 e. The number of aliphatic hydroxyl groups excluding tert-OH is 5. The van der Waals surface area contributed by atoms with E-state index in [9.17, 15) is 44.6 Å². The Bertz CT molecular complexity index is 1270. The second kappa shape index (κ2) is 49.2. The largest absolute Gasteiger partial charge is 0.472 e. The van der Waals surface area contributed by atoms with Gasteiger partial charge in [0.15, 0.2) is 6.10 Å². The highest BCUT2D eigenvalue weighted by Crippen LogP contribution is 2.47. The number of esters is 2. The number of aliphatic hydroxyl groups is 5. The predicted octanol–water partition coefficient (Wildman–Crippen LogP) is 14.7. The van der Waals surface area contributed by atoms with Gasteiger partial charge in [-0.3, -0.25) is 18.6 Å². The zero-order valence-corrected chi connectivity index (χ0v) is 47.9. The number of carbonyl (C=O) groups excluding carboxylic acids is 2. The molecule has 6 N–H and O–H groups in total. The van der Waals surface area contributed by atoms with Crippen molar-refractivity contribution >= 4 is 19.8 Å². The zero-order valence-electron chi connectivity index (χ0n) is 47.0. The van der Waals surface area contributed by atoms with E-state index in [-0.39, 0.29) is 12.8 Å². The molecule has 14 heteroatoms. The maximum absolute atomic E-state index is 12.9. The van der Waals surface area contributed by atoms with Crippen LogP contribution in [0, 0.1) is 0 Å². The van der Waals surface area contributed by atoms with Crippen LogP contribution in [0.25, 0.3) is 0 Å². The van der Waals surface area contributed by atoms with Crippen LogP contribution in [0.5, 0.6) is 0 Å². The molecule has 0 aliphatic heterocycles. The summed E-state index contributed by atoms with van der Waals surface area (Å²) in [6, 6.07) is 0. The highest BCUT2D eigenvalue weighted by Gasteiger charge is 2.51. The normalized spacial score (nSPS) is 20.3. The minimum absolute atomic E-state index is 0.106. The van der Waals surface area contributed by atoms with Gasteiger partial charge >= 0.3 is 19.8 Å². The first kappa shape index (κ1) is 69.9. The standard InChI is InChI=1S/C59H115O13P/c1-3-5-7-9-11-13-15-17-19-21-23-25-26-28-29-31-33-35-37-39-41-43-45-47-52(60)69-49-51(50-70-73(67,68)72-59-57(65)55(63)54(62)56(64)58(59)66)71-53(61)48-46-44-42-40-38-36-34-32-30-27-24-22-20-18-16-14-12-10-8-6-4-2/h51,54-59,62-66H,3-50H2,1-2H3,(H,67,68)/t51-,54?,55-,56?,57?,58?,59?/m0/s1. The van der Waals surface area contributed by atoms with Crippen molar-refractivity contribution in [3.63, 3.8) is 0 Å². The second-order valence-electron chi connectivity index (χ2n) is 21.9. The Morgan fingerprint density at radius 1 is 0.370 bits per heavy atom. The summed E-state index contributed by atoms with van der Waals surface area (Å²) in [7, 11) is -5.12. The summed E-state index contributed by atoms with van der Waals surface area (Å²) < 4.78 is 33.8. The van der Waals surface area contributed by atoms with Crippen LogP contribution in [0.1, 0.15) is 309 Å². The number of carbonyl (C=O) groups is 2. The van der Waals surface area contributed by atoms with E-state index in [1.807, 2.05) is 0 Å². The van der Waals surface area contributed by atoms with Crippen molar-refractivity contribution in [2.45, 2.75) is 352 Å². The number of phosphoric acid groups is 1. The minimum Gasteiger partial charge on any atom is -0.462 e. The fourth-order valence-electron chi connectivity index (χ4n) is 10.1. The molecule has 0 spiro atoms. The van der Waals surface area contributed by atoms with E-state index < -0.39 is 75.7 Å². The van der Waals surface area contributed by atoms with Gasteiger partial charge in [-0.2, -0.15) is 0 Å². The number of unbranched alkanes of at least 4 members (excludes halogenated alkanes) is 42. The summed E-state index contributed by atoms with van der Waals surface area (Å²) in [4.78, 5) is 36.0. The molecule has 1 aliphatic carbocycles. The summed E-state index contributed by atoms with van der Waals surface area (Å²) >= 11 is 0. The molecule has 0 aromatic carbocycles. The fourth-order valence-corrected chi connectivity index (χ4v) is 11.0. The van der Waals surface area contributed by atoms with Crippen molar-refractivity contribution < 1.29 is 63.1 Å². The highest BCUT2D eigenvalue weighted by atomic mass is 31.2. The van der Waals surface area contributed by atoms with Gasteiger partial charge in [0.05, 0.1) is 6.61 Å². The van der Waals surface area contributed by atoms with Gasteiger partial charge in [0.2, 0.25) is 0 Å². The number of phosphoric ester groups is 1. The molecule has 6 unspecified atom stereocenters. The van der Waals surface area contributed by atoms with Gasteiger partial charge in [-0.25, -0.2) is 4.57 Å². The lowest BCUT2D eigenvalue weighted by Gasteiger charge is -2.41. The second-order valence-corrected chi connectivity index (χ2v) is 23.3. The van der Waals surface area contributed by atoms with E-state index in [1.54, 1.807) is 0 Å². The Morgan fingerprint density at radius 3 is 0.904 bits per heavy atom. The monoisotopic (exact) mass is 1060 g/mol. The van der Waals surface area contributed by atoms with Crippen molar-refractivity contribution in [2.24, 2.45) is 0 Å². The molecule has 0 heterocycles. The van der Waals surface area contributed by atoms with Gasteiger partial charge in [0.25, 0.3) is 0 Å². The quantitative estimate of drug-likeness (QED) is 0.0191. The molecule has 13 nitrogen and oxygen atoms in total. The summed E-state index contributed by atoms with van der Waals surface area (Å²) in [6.45, 7) is 3.39. The molecule has 8 atom stereocenters.